The second-order valence-electron chi connectivity index (χ2n) is 6.61. The van der Waals surface area contributed by atoms with Crippen molar-refractivity contribution in [3.05, 3.63) is 11.6 Å². The van der Waals surface area contributed by atoms with Crippen LogP contribution in [0.4, 0.5) is 0 Å². The van der Waals surface area contributed by atoms with E-state index in [0.717, 1.165) is 17.9 Å². The van der Waals surface area contributed by atoms with Crippen LogP contribution >= 0.6 is 0 Å². The van der Waals surface area contributed by atoms with Crippen molar-refractivity contribution in [2.45, 2.75) is 13.5 Å². The van der Waals surface area contributed by atoms with Gasteiger partial charge in [-0.15, -0.1) is 10.2 Å². The fourth-order valence-corrected chi connectivity index (χ4v) is 4.50. The Kier molecular flexibility index (Phi) is 3.73. The van der Waals surface area contributed by atoms with E-state index < -0.39 is 21.4 Å². The van der Waals surface area contributed by atoms with Gasteiger partial charge in [-0.05, 0) is 6.92 Å². The third kappa shape index (κ3) is 2.64. The first-order valence-corrected chi connectivity index (χ1v) is 9.24. The van der Waals surface area contributed by atoms with Crippen LogP contribution in [0.5, 0.6) is 0 Å². The van der Waals surface area contributed by atoms with Crippen LogP contribution in [0.25, 0.3) is 0 Å². The number of fused-ring (bicyclic) bond motifs is 1. The molecule has 1 N–H and O–H groups in total. The maximum Gasteiger partial charge on any atom is 0.312 e. The molecule has 1 aromatic heterocycles. The maximum atomic E-state index is 11.9. The summed E-state index contributed by atoms with van der Waals surface area (Å²) in [5, 5.41) is 17.8. The van der Waals surface area contributed by atoms with E-state index in [1.165, 1.54) is 4.31 Å². The zero-order valence-electron chi connectivity index (χ0n) is 13.4. The molecule has 2 aliphatic rings. The van der Waals surface area contributed by atoms with E-state index >= 15 is 0 Å². The van der Waals surface area contributed by atoms with Gasteiger partial charge in [0.2, 0.25) is 10.0 Å². The quantitative estimate of drug-likeness (QED) is 0.739. The monoisotopic (exact) mass is 343 g/mol. The van der Waals surface area contributed by atoms with Gasteiger partial charge in [0.15, 0.2) is 0 Å². The Hall–Kier alpha value is -1.52. The van der Waals surface area contributed by atoms with Gasteiger partial charge in [-0.25, -0.2) is 12.7 Å². The highest BCUT2D eigenvalue weighted by Gasteiger charge is 2.59. The zero-order valence-corrected chi connectivity index (χ0v) is 14.2. The Labute approximate surface area is 134 Å². The van der Waals surface area contributed by atoms with E-state index in [9.17, 15) is 18.3 Å². The van der Waals surface area contributed by atoms with Crippen LogP contribution in [-0.4, -0.2) is 75.9 Å². The molecule has 3 rings (SSSR count). The Morgan fingerprint density at radius 3 is 2.52 bits per heavy atom. The summed E-state index contributed by atoms with van der Waals surface area (Å²) < 4.78 is 26.7. The van der Waals surface area contributed by atoms with Crippen molar-refractivity contribution in [2.24, 2.45) is 18.4 Å². The molecule has 0 aromatic carbocycles. The number of sulfonamides is 1. The van der Waals surface area contributed by atoms with Gasteiger partial charge < -0.3 is 9.67 Å². The first kappa shape index (κ1) is 16.3. The minimum atomic E-state index is -3.37. The van der Waals surface area contributed by atoms with E-state index in [0.29, 0.717) is 19.6 Å². The minimum absolute atomic E-state index is 0.0418. The van der Waals surface area contributed by atoms with Gasteiger partial charge in [0, 0.05) is 39.1 Å². The molecule has 23 heavy (non-hydrogen) atoms. The van der Waals surface area contributed by atoms with Crippen LogP contribution < -0.4 is 0 Å². The molecule has 2 fully saturated rings. The summed E-state index contributed by atoms with van der Waals surface area (Å²) in [4.78, 5) is 13.9. The lowest BCUT2D eigenvalue weighted by atomic mass is 9.81. The average Bonchev–Trinajstić information content (AvgIpc) is 3.04. The SMILES string of the molecule is Cc1nnc(CN2C[C@@H]3CN(S(C)(=O)=O)C[C@]3(C(=O)O)C2)n1C. The third-order valence-electron chi connectivity index (χ3n) is 5.09. The van der Waals surface area contributed by atoms with Gasteiger partial charge in [0.05, 0.1) is 18.2 Å². The summed E-state index contributed by atoms with van der Waals surface area (Å²) in [7, 11) is -1.50. The van der Waals surface area contributed by atoms with E-state index in [2.05, 4.69) is 10.2 Å². The van der Waals surface area contributed by atoms with E-state index in [1.54, 1.807) is 0 Å². The van der Waals surface area contributed by atoms with E-state index in [1.807, 2.05) is 23.4 Å². The van der Waals surface area contributed by atoms with Crippen LogP contribution in [-0.2, 0) is 28.4 Å². The van der Waals surface area contributed by atoms with E-state index in [-0.39, 0.29) is 19.0 Å². The highest BCUT2D eigenvalue weighted by atomic mass is 32.2. The normalized spacial score (nSPS) is 29.1. The van der Waals surface area contributed by atoms with Crippen LogP contribution in [0.15, 0.2) is 0 Å². The highest BCUT2D eigenvalue weighted by molar-refractivity contribution is 7.88. The summed E-state index contributed by atoms with van der Waals surface area (Å²) in [6, 6.07) is 0. The molecule has 2 saturated heterocycles. The summed E-state index contributed by atoms with van der Waals surface area (Å²) >= 11 is 0. The van der Waals surface area contributed by atoms with Crippen LogP contribution in [0.2, 0.25) is 0 Å². The van der Waals surface area contributed by atoms with Gasteiger partial charge in [0.25, 0.3) is 0 Å². The molecule has 9 nitrogen and oxygen atoms in total. The first-order chi connectivity index (χ1) is 10.6. The summed E-state index contributed by atoms with van der Waals surface area (Å²) in [5.41, 5.74) is -1.03. The summed E-state index contributed by atoms with van der Waals surface area (Å²) in [6.07, 6.45) is 1.13. The molecular formula is C13H21N5O4S. The summed E-state index contributed by atoms with van der Waals surface area (Å²) in [6.45, 7) is 3.55. The van der Waals surface area contributed by atoms with Crippen molar-refractivity contribution in [1.29, 1.82) is 0 Å². The number of likely N-dealkylation sites (tertiary alicyclic amines) is 1. The number of aryl methyl sites for hydroxylation is 1. The number of carboxylic acids is 1. The Morgan fingerprint density at radius 2 is 2.04 bits per heavy atom. The van der Waals surface area contributed by atoms with Crippen molar-refractivity contribution in [1.82, 2.24) is 24.0 Å². The van der Waals surface area contributed by atoms with Gasteiger partial charge >= 0.3 is 5.97 Å². The lowest BCUT2D eigenvalue weighted by Gasteiger charge is -2.24. The molecule has 2 atom stereocenters. The molecule has 0 unspecified atom stereocenters. The first-order valence-electron chi connectivity index (χ1n) is 7.39. The number of aliphatic carboxylic acids is 1. The summed E-state index contributed by atoms with van der Waals surface area (Å²) in [5.74, 6) is 0.452. The van der Waals surface area contributed by atoms with E-state index in [4.69, 9.17) is 0 Å². The van der Waals surface area contributed by atoms with Gasteiger partial charge in [0.1, 0.15) is 11.6 Å². The van der Waals surface area contributed by atoms with Gasteiger partial charge in [-0.3, -0.25) is 9.69 Å². The third-order valence-corrected chi connectivity index (χ3v) is 6.31. The highest BCUT2D eigenvalue weighted by Crippen LogP contribution is 2.43. The van der Waals surface area contributed by atoms with Gasteiger partial charge in [-0.1, -0.05) is 0 Å². The number of hydrogen-bond acceptors (Lipinski definition) is 6. The molecule has 0 radical (unpaired) electrons. The van der Waals surface area contributed by atoms with Crippen molar-refractivity contribution in [2.75, 3.05) is 32.4 Å². The topological polar surface area (TPSA) is 109 Å². The van der Waals surface area contributed by atoms with Crippen LogP contribution in [0.1, 0.15) is 11.6 Å². The van der Waals surface area contributed by atoms with Crippen molar-refractivity contribution in [3.8, 4) is 0 Å². The molecule has 0 amide bonds. The van der Waals surface area contributed by atoms with Crippen LogP contribution in [0, 0.1) is 18.3 Å². The Morgan fingerprint density at radius 1 is 1.35 bits per heavy atom. The molecule has 0 saturated carbocycles. The molecule has 10 heteroatoms. The minimum Gasteiger partial charge on any atom is -0.481 e. The molecule has 0 spiro atoms. The zero-order chi connectivity index (χ0) is 17.0. The lowest BCUT2D eigenvalue weighted by Crippen LogP contribution is -2.41. The molecule has 0 bridgehead atoms. The Bertz CT molecular complexity index is 746. The van der Waals surface area contributed by atoms with Crippen molar-refractivity contribution < 1.29 is 18.3 Å². The molecule has 3 heterocycles. The number of rotatable bonds is 4. The van der Waals surface area contributed by atoms with Gasteiger partial charge in [-0.2, -0.15) is 0 Å². The average molecular weight is 343 g/mol. The molecule has 128 valence electrons. The number of carbonyl (C=O) groups is 1. The number of carboxylic acid groups (broad SMARTS) is 1. The van der Waals surface area contributed by atoms with Crippen LogP contribution in [0.3, 0.4) is 0 Å². The molecule has 0 aliphatic carbocycles. The fourth-order valence-electron chi connectivity index (χ4n) is 3.59. The number of aromatic nitrogens is 3. The number of nitrogens with zero attached hydrogens (tertiary/aromatic N) is 5. The maximum absolute atomic E-state index is 11.9. The predicted octanol–water partition coefficient (Wildman–Crippen LogP) is -1.10. The second kappa shape index (κ2) is 5.25. The Balaban J connectivity index is 1.80. The number of hydrogen-bond donors (Lipinski definition) is 1. The second-order valence-corrected chi connectivity index (χ2v) is 8.59. The molecular weight excluding hydrogens is 322 g/mol. The van der Waals surface area contributed by atoms with Crippen molar-refractivity contribution in [3.63, 3.8) is 0 Å². The lowest BCUT2D eigenvalue weighted by molar-refractivity contribution is -0.148. The largest absolute Gasteiger partial charge is 0.481 e. The van der Waals surface area contributed by atoms with Crippen molar-refractivity contribution >= 4 is 16.0 Å². The smallest absolute Gasteiger partial charge is 0.312 e. The fraction of sp³-hybridized carbons (Fsp3) is 0.769. The standard InChI is InChI=1S/C13H21N5O4S/c1-9-14-15-11(16(9)2)6-17-4-10-5-18(23(3,21)22)8-13(10,7-17)12(19)20/h10H,4-8H2,1-3H3,(H,19,20)/t10-,13-/m1/s1. The predicted molar refractivity (Wildman–Crippen MR) is 81.0 cm³/mol. The molecule has 2 aliphatic heterocycles. The molecule has 1 aromatic rings.